The van der Waals surface area contributed by atoms with Crippen molar-refractivity contribution in [2.75, 3.05) is 10.6 Å². The van der Waals surface area contributed by atoms with Crippen LogP contribution in [0, 0.1) is 0 Å². The molecule has 1 fully saturated rings. The van der Waals surface area contributed by atoms with Crippen LogP contribution in [0.25, 0.3) is 0 Å². The molecule has 0 spiro atoms. The molecule has 116 valence electrons. The average molecular weight is 330 g/mol. The van der Waals surface area contributed by atoms with E-state index in [4.69, 9.17) is 11.6 Å². The first-order valence-electron chi connectivity index (χ1n) is 6.52. The van der Waals surface area contributed by atoms with Gasteiger partial charge < -0.3 is 10.6 Å². The van der Waals surface area contributed by atoms with Crippen molar-refractivity contribution in [2.24, 2.45) is 0 Å². The molecular weight excluding hydrogens is 319 g/mol. The second-order valence-corrected chi connectivity index (χ2v) is 5.33. The summed E-state index contributed by atoms with van der Waals surface area (Å²) in [5, 5.41) is 13.2. The predicted octanol–water partition coefficient (Wildman–Crippen LogP) is 3.86. The van der Waals surface area contributed by atoms with E-state index in [-0.39, 0.29) is 22.5 Å². The van der Waals surface area contributed by atoms with Gasteiger partial charge in [0, 0.05) is 11.1 Å². The van der Waals surface area contributed by atoms with Crippen molar-refractivity contribution in [2.45, 2.75) is 25.1 Å². The van der Waals surface area contributed by atoms with Crippen LogP contribution in [0.1, 0.15) is 18.4 Å². The fourth-order valence-electron chi connectivity index (χ4n) is 1.83. The van der Waals surface area contributed by atoms with Gasteiger partial charge in [-0.05, 0) is 31.0 Å². The highest BCUT2D eigenvalue weighted by Crippen LogP contribution is 2.37. The second kappa shape index (κ2) is 5.60. The van der Waals surface area contributed by atoms with Crippen LogP contribution >= 0.6 is 11.6 Å². The fraction of sp³-hybridized carbons (Fsp3) is 0.308. The second-order valence-electron chi connectivity index (χ2n) is 4.90. The number of alkyl halides is 3. The highest BCUT2D eigenvalue weighted by Gasteiger charge is 2.34. The predicted molar refractivity (Wildman–Crippen MR) is 76.2 cm³/mol. The summed E-state index contributed by atoms with van der Waals surface area (Å²) in [7, 11) is 0. The van der Waals surface area contributed by atoms with Crippen molar-refractivity contribution in [3.63, 3.8) is 0 Å². The third kappa shape index (κ3) is 3.56. The molecule has 2 aromatic rings. The summed E-state index contributed by atoms with van der Waals surface area (Å²) in [6.07, 6.45) is -1.22. The van der Waals surface area contributed by atoms with E-state index in [1.54, 1.807) is 0 Å². The molecule has 1 saturated carbocycles. The van der Waals surface area contributed by atoms with Gasteiger partial charge in [-0.15, -0.1) is 5.10 Å². The highest BCUT2D eigenvalue weighted by molar-refractivity contribution is 6.30. The number of aromatic nitrogens is 3. The number of anilines is 3. The van der Waals surface area contributed by atoms with Gasteiger partial charge in [-0.25, -0.2) is 0 Å². The van der Waals surface area contributed by atoms with E-state index >= 15 is 0 Å². The third-order valence-corrected chi connectivity index (χ3v) is 3.25. The topological polar surface area (TPSA) is 62.7 Å². The Labute approximate surface area is 128 Å². The molecule has 1 heterocycles. The average Bonchev–Trinajstić information content (AvgIpc) is 3.24. The SMILES string of the molecule is FC(F)(F)c1cc(Cl)ccc1Nc1cnnc(NC2CC2)n1. The molecule has 0 unspecified atom stereocenters. The fourth-order valence-corrected chi connectivity index (χ4v) is 2.01. The van der Waals surface area contributed by atoms with E-state index in [0.717, 1.165) is 18.9 Å². The lowest BCUT2D eigenvalue weighted by molar-refractivity contribution is -0.136. The lowest BCUT2D eigenvalue weighted by Gasteiger charge is -2.14. The quantitative estimate of drug-likeness (QED) is 0.891. The summed E-state index contributed by atoms with van der Waals surface area (Å²) < 4.78 is 39.1. The minimum atomic E-state index is -4.53. The van der Waals surface area contributed by atoms with Gasteiger partial charge in [0.1, 0.15) is 0 Å². The zero-order chi connectivity index (χ0) is 15.7. The van der Waals surface area contributed by atoms with Crippen LogP contribution in [0.2, 0.25) is 5.02 Å². The Morgan fingerprint density at radius 3 is 2.68 bits per heavy atom. The Bertz CT molecular complexity index is 688. The zero-order valence-electron chi connectivity index (χ0n) is 11.2. The van der Waals surface area contributed by atoms with Gasteiger partial charge in [-0.2, -0.15) is 23.3 Å². The molecule has 1 aromatic carbocycles. The molecule has 1 aliphatic rings. The molecule has 3 rings (SSSR count). The zero-order valence-corrected chi connectivity index (χ0v) is 11.9. The van der Waals surface area contributed by atoms with Crippen LogP contribution in [-0.4, -0.2) is 21.2 Å². The molecule has 0 aliphatic heterocycles. The Morgan fingerprint density at radius 1 is 1.23 bits per heavy atom. The maximum atomic E-state index is 13.0. The molecule has 0 amide bonds. The summed E-state index contributed by atoms with van der Waals surface area (Å²) in [6.45, 7) is 0. The number of hydrogen-bond donors (Lipinski definition) is 2. The maximum Gasteiger partial charge on any atom is 0.418 e. The number of nitrogens with one attached hydrogen (secondary N) is 2. The lowest BCUT2D eigenvalue weighted by atomic mass is 10.1. The number of benzene rings is 1. The third-order valence-electron chi connectivity index (χ3n) is 3.02. The Morgan fingerprint density at radius 2 is 2.00 bits per heavy atom. The Kier molecular flexibility index (Phi) is 3.78. The molecule has 0 radical (unpaired) electrons. The number of nitrogens with zero attached hydrogens (tertiary/aromatic N) is 3. The summed E-state index contributed by atoms with van der Waals surface area (Å²) in [6, 6.07) is 3.80. The first-order chi connectivity index (χ1) is 10.4. The number of rotatable bonds is 4. The first-order valence-corrected chi connectivity index (χ1v) is 6.89. The van der Waals surface area contributed by atoms with E-state index in [0.29, 0.717) is 6.04 Å². The number of hydrogen-bond acceptors (Lipinski definition) is 5. The van der Waals surface area contributed by atoms with Crippen molar-refractivity contribution in [3.05, 3.63) is 35.0 Å². The molecule has 2 N–H and O–H groups in total. The molecule has 1 aromatic heterocycles. The van der Waals surface area contributed by atoms with Crippen LogP contribution in [0.3, 0.4) is 0 Å². The first kappa shape index (κ1) is 14.8. The molecular formula is C13H11ClF3N5. The standard InChI is InChI=1S/C13H11ClF3N5/c14-7-1-4-10(9(5-7)13(15,16)17)20-11-6-18-22-12(21-11)19-8-2-3-8/h1,4-6,8H,2-3H2,(H2,19,20,21,22). The maximum absolute atomic E-state index is 13.0. The normalized spacial score (nSPS) is 14.7. The minimum absolute atomic E-state index is 0.00905. The van der Waals surface area contributed by atoms with E-state index in [9.17, 15) is 13.2 Å². The Balaban J connectivity index is 1.86. The van der Waals surface area contributed by atoms with Gasteiger partial charge in [0.05, 0.1) is 17.4 Å². The van der Waals surface area contributed by atoms with E-state index in [1.807, 2.05) is 0 Å². The van der Waals surface area contributed by atoms with Crippen LogP contribution in [0.5, 0.6) is 0 Å². The monoisotopic (exact) mass is 329 g/mol. The minimum Gasteiger partial charge on any atom is -0.350 e. The lowest BCUT2D eigenvalue weighted by Crippen LogP contribution is -2.11. The van der Waals surface area contributed by atoms with Crippen LogP contribution in [-0.2, 0) is 6.18 Å². The largest absolute Gasteiger partial charge is 0.418 e. The van der Waals surface area contributed by atoms with Crippen molar-refractivity contribution in [1.82, 2.24) is 15.2 Å². The van der Waals surface area contributed by atoms with Crippen molar-refractivity contribution < 1.29 is 13.2 Å². The molecule has 5 nitrogen and oxygen atoms in total. The van der Waals surface area contributed by atoms with Crippen molar-refractivity contribution in [3.8, 4) is 0 Å². The molecule has 1 aliphatic carbocycles. The molecule has 22 heavy (non-hydrogen) atoms. The van der Waals surface area contributed by atoms with Gasteiger partial charge >= 0.3 is 6.18 Å². The summed E-state index contributed by atoms with van der Waals surface area (Å²) in [5.74, 6) is 0.459. The van der Waals surface area contributed by atoms with E-state index in [2.05, 4.69) is 25.8 Å². The molecule has 0 atom stereocenters. The van der Waals surface area contributed by atoms with Gasteiger partial charge in [-0.1, -0.05) is 11.6 Å². The Hall–Kier alpha value is -2.09. The van der Waals surface area contributed by atoms with E-state index < -0.39 is 11.7 Å². The number of halogens is 4. The van der Waals surface area contributed by atoms with Gasteiger partial charge in [0.15, 0.2) is 5.82 Å². The highest BCUT2D eigenvalue weighted by atomic mass is 35.5. The van der Waals surface area contributed by atoms with Gasteiger partial charge in [-0.3, -0.25) is 0 Å². The molecule has 0 bridgehead atoms. The van der Waals surface area contributed by atoms with Crippen LogP contribution in [0.4, 0.5) is 30.6 Å². The summed E-state index contributed by atoms with van der Waals surface area (Å²) >= 11 is 5.64. The van der Waals surface area contributed by atoms with Gasteiger partial charge in [0.2, 0.25) is 5.95 Å². The van der Waals surface area contributed by atoms with Crippen LogP contribution < -0.4 is 10.6 Å². The molecule has 0 saturated heterocycles. The molecule has 9 heteroatoms. The van der Waals surface area contributed by atoms with Crippen molar-refractivity contribution in [1.29, 1.82) is 0 Å². The van der Waals surface area contributed by atoms with Crippen LogP contribution in [0.15, 0.2) is 24.4 Å². The summed E-state index contributed by atoms with van der Waals surface area (Å²) in [5.41, 5.74) is -1.01. The van der Waals surface area contributed by atoms with Gasteiger partial charge in [0.25, 0.3) is 0 Å². The smallest absolute Gasteiger partial charge is 0.350 e. The summed E-state index contributed by atoms with van der Waals surface area (Å²) in [4.78, 5) is 4.10. The van der Waals surface area contributed by atoms with Crippen molar-refractivity contribution >= 4 is 29.1 Å². The van der Waals surface area contributed by atoms with E-state index in [1.165, 1.54) is 18.3 Å².